The van der Waals surface area contributed by atoms with Crippen LogP contribution in [0.3, 0.4) is 0 Å². The standard InChI is InChI=1S/C22H32O2S2/c1-23-11-17-13-3-7-19-20(8-4-14(13)17)26-22-10-6-16-15(18(16)12-24-2)5-9-21(22)25-19/h13-18H,3-12H2,1-2H3/t13-,14+,15-,16+,17?,18?. The Bertz CT molecular complexity index is 528. The molecule has 2 fully saturated rings. The average molecular weight is 393 g/mol. The summed E-state index contributed by atoms with van der Waals surface area (Å²) in [4.78, 5) is 6.93. The first kappa shape index (κ1) is 18.1. The SMILES string of the molecule is COCC1[C@H]2CCC3=C(CC[C@@H]12)SC1=C(CC[C@@H]2C(COC)[C@@H]2CC1)S3. The Morgan fingerprint density at radius 2 is 0.923 bits per heavy atom. The molecule has 1 aliphatic heterocycles. The van der Waals surface area contributed by atoms with Crippen molar-refractivity contribution in [1.82, 2.24) is 0 Å². The first-order valence-electron chi connectivity index (χ1n) is 10.6. The number of rotatable bonds is 4. The summed E-state index contributed by atoms with van der Waals surface area (Å²) >= 11 is 4.38. The highest BCUT2D eigenvalue weighted by Crippen LogP contribution is 2.61. The van der Waals surface area contributed by atoms with Crippen molar-refractivity contribution in [2.45, 2.75) is 51.4 Å². The molecule has 0 bridgehead atoms. The van der Waals surface area contributed by atoms with Gasteiger partial charge in [0.05, 0.1) is 0 Å². The molecule has 0 N–H and O–H groups in total. The van der Waals surface area contributed by atoms with Crippen molar-refractivity contribution < 1.29 is 9.47 Å². The van der Waals surface area contributed by atoms with Crippen LogP contribution >= 0.6 is 23.5 Å². The van der Waals surface area contributed by atoms with E-state index in [2.05, 4.69) is 23.5 Å². The molecule has 0 radical (unpaired) electrons. The van der Waals surface area contributed by atoms with Crippen molar-refractivity contribution >= 4 is 23.5 Å². The van der Waals surface area contributed by atoms with Crippen LogP contribution in [-0.4, -0.2) is 27.4 Å². The molecule has 4 aliphatic carbocycles. The van der Waals surface area contributed by atoms with Crippen molar-refractivity contribution in [3.63, 3.8) is 0 Å². The number of hydrogen-bond acceptors (Lipinski definition) is 4. The monoisotopic (exact) mass is 392 g/mol. The van der Waals surface area contributed by atoms with Crippen molar-refractivity contribution in [3.05, 3.63) is 19.6 Å². The summed E-state index contributed by atoms with van der Waals surface area (Å²) in [6.45, 7) is 1.97. The van der Waals surface area contributed by atoms with E-state index >= 15 is 0 Å². The maximum atomic E-state index is 5.46. The highest BCUT2D eigenvalue weighted by molar-refractivity contribution is 8.13. The van der Waals surface area contributed by atoms with Crippen LogP contribution in [0, 0.1) is 35.5 Å². The van der Waals surface area contributed by atoms with E-state index in [0.29, 0.717) is 0 Å². The van der Waals surface area contributed by atoms with Gasteiger partial charge in [-0.2, -0.15) is 0 Å². The highest BCUT2D eigenvalue weighted by Gasteiger charge is 2.51. The van der Waals surface area contributed by atoms with E-state index in [1.165, 1.54) is 51.4 Å². The lowest BCUT2D eigenvalue weighted by atomic mass is 10.1. The summed E-state index contributed by atoms with van der Waals surface area (Å²) in [6.07, 6.45) is 10.9. The van der Waals surface area contributed by atoms with Crippen molar-refractivity contribution in [1.29, 1.82) is 0 Å². The summed E-state index contributed by atoms with van der Waals surface area (Å²) in [7, 11) is 3.74. The first-order chi connectivity index (χ1) is 12.8. The number of fused-ring (bicyclic) bond motifs is 2. The van der Waals surface area contributed by atoms with Crippen LogP contribution in [-0.2, 0) is 9.47 Å². The minimum Gasteiger partial charge on any atom is -0.384 e. The quantitative estimate of drug-likeness (QED) is 0.579. The predicted octanol–water partition coefficient (Wildman–Crippen LogP) is 6.05. The molecule has 0 spiro atoms. The lowest BCUT2D eigenvalue weighted by Crippen LogP contribution is -2.03. The maximum Gasteiger partial charge on any atom is 0.0496 e. The van der Waals surface area contributed by atoms with Gasteiger partial charge in [-0.1, -0.05) is 23.5 Å². The second-order valence-electron chi connectivity index (χ2n) is 8.95. The van der Waals surface area contributed by atoms with Gasteiger partial charge in [0.25, 0.3) is 0 Å². The van der Waals surface area contributed by atoms with Crippen LogP contribution in [0.1, 0.15) is 51.4 Å². The Labute approximate surface area is 166 Å². The van der Waals surface area contributed by atoms with Gasteiger partial charge in [0.2, 0.25) is 0 Å². The summed E-state index contributed by atoms with van der Waals surface area (Å²) in [5.41, 5.74) is 0. The van der Waals surface area contributed by atoms with E-state index in [-0.39, 0.29) is 0 Å². The fraction of sp³-hybridized carbons (Fsp3) is 0.818. The van der Waals surface area contributed by atoms with E-state index in [1.54, 1.807) is 19.6 Å². The Hall–Kier alpha value is 0.1000. The molecule has 2 unspecified atom stereocenters. The van der Waals surface area contributed by atoms with Gasteiger partial charge >= 0.3 is 0 Å². The van der Waals surface area contributed by atoms with Gasteiger partial charge < -0.3 is 9.47 Å². The smallest absolute Gasteiger partial charge is 0.0496 e. The summed E-state index contributed by atoms with van der Waals surface area (Å²) < 4.78 is 10.9. The molecule has 0 saturated heterocycles. The van der Waals surface area contributed by atoms with Crippen LogP contribution < -0.4 is 0 Å². The number of thioether (sulfide) groups is 2. The number of methoxy groups -OCH3 is 2. The van der Waals surface area contributed by atoms with Crippen LogP contribution in [0.25, 0.3) is 0 Å². The predicted molar refractivity (Wildman–Crippen MR) is 111 cm³/mol. The number of hydrogen-bond donors (Lipinski definition) is 0. The molecule has 2 nitrogen and oxygen atoms in total. The lowest BCUT2D eigenvalue weighted by molar-refractivity contribution is 0.176. The number of allylic oxidation sites excluding steroid dienone is 4. The summed E-state index contributed by atoms with van der Waals surface area (Å²) in [6, 6.07) is 0. The van der Waals surface area contributed by atoms with E-state index in [4.69, 9.17) is 9.47 Å². The molecule has 0 amide bonds. The molecule has 0 aromatic heterocycles. The molecule has 144 valence electrons. The molecule has 5 rings (SSSR count). The molecule has 26 heavy (non-hydrogen) atoms. The zero-order chi connectivity index (χ0) is 17.7. The van der Waals surface area contributed by atoms with E-state index in [0.717, 1.165) is 48.7 Å². The topological polar surface area (TPSA) is 18.5 Å². The largest absolute Gasteiger partial charge is 0.384 e. The van der Waals surface area contributed by atoms with E-state index in [9.17, 15) is 0 Å². The lowest BCUT2D eigenvalue weighted by Gasteiger charge is -2.27. The Kier molecular flexibility index (Phi) is 5.23. The van der Waals surface area contributed by atoms with Crippen molar-refractivity contribution in [3.8, 4) is 0 Å². The zero-order valence-electron chi connectivity index (χ0n) is 16.2. The van der Waals surface area contributed by atoms with E-state index in [1.807, 2.05) is 14.2 Å². The van der Waals surface area contributed by atoms with Gasteiger partial charge in [-0.25, -0.2) is 0 Å². The third-order valence-corrected chi connectivity index (χ3v) is 10.7. The van der Waals surface area contributed by atoms with Crippen LogP contribution in [0.15, 0.2) is 19.6 Å². The molecular formula is C22H32O2S2. The van der Waals surface area contributed by atoms with Crippen molar-refractivity contribution in [2.75, 3.05) is 27.4 Å². The Morgan fingerprint density at radius 3 is 1.19 bits per heavy atom. The second kappa shape index (κ2) is 7.50. The van der Waals surface area contributed by atoms with Crippen molar-refractivity contribution in [2.24, 2.45) is 35.5 Å². The maximum absolute atomic E-state index is 5.46. The highest BCUT2D eigenvalue weighted by atomic mass is 32.2. The third kappa shape index (κ3) is 3.33. The molecule has 4 heteroatoms. The molecule has 0 aromatic rings. The number of ether oxygens (including phenoxy) is 2. The van der Waals surface area contributed by atoms with Gasteiger partial charge in [0, 0.05) is 27.4 Å². The molecule has 2 saturated carbocycles. The Morgan fingerprint density at radius 1 is 0.615 bits per heavy atom. The zero-order valence-corrected chi connectivity index (χ0v) is 17.8. The molecular weight excluding hydrogens is 360 g/mol. The normalized spacial score (nSPS) is 41.8. The summed E-state index contributed by atoms with van der Waals surface area (Å²) in [5, 5.41) is 0. The van der Waals surface area contributed by atoms with Gasteiger partial charge in [-0.15, -0.1) is 0 Å². The second-order valence-corrected chi connectivity index (χ2v) is 11.3. The minimum atomic E-state index is 0.857. The van der Waals surface area contributed by atoms with E-state index < -0.39 is 0 Å². The van der Waals surface area contributed by atoms with Gasteiger partial charge in [-0.05, 0) is 106 Å². The van der Waals surface area contributed by atoms with Gasteiger partial charge in [0.15, 0.2) is 0 Å². The summed E-state index contributed by atoms with van der Waals surface area (Å²) in [5.74, 6) is 5.51. The molecule has 0 aromatic carbocycles. The fourth-order valence-electron chi connectivity index (χ4n) is 6.12. The van der Waals surface area contributed by atoms with Crippen LogP contribution in [0.5, 0.6) is 0 Å². The van der Waals surface area contributed by atoms with Gasteiger partial charge in [-0.3, -0.25) is 0 Å². The molecule has 5 aliphatic rings. The molecule has 1 heterocycles. The average Bonchev–Trinajstić information content (AvgIpc) is 3.47. The first-order valence-corrected chi connectivity index (χ1v) is 12.2. The molecule has 6 atom stereocenters. The fourth-order valence-corrected chi connectivity index (χ4v) is 8.96. The minimum absolute atomic E-state index is 0.857. The van der Waals surface area contributed by atoms with Crippen LogP contribution in [0.4, 0.5) is 0 Å². The van der Waals surface area contributed by atoms with Gasteiger partial charge in [0.1, 0.15) is 0 Å². The Balaban J connectivity index is 1.23. The van der Waals surface area contributed by atoms with Crippen LogP contribution in [0.2, 0.25) is 0 Å². The third-order valence-electron chi connectivity index (χ3n) is 7.67.